The van der Waals surface area contributed by atoms with Gasteiger partial charge in [-0.2, -0.15) is 18.7 Å². The summed E-state index contributed by atoms with van der Waals surface area (Å²) in [5.41, 5.74) is 0.476. The lowest BCUT2D eigenvalue weighted by Crippen LogP contribution is -2.43. The van der Waals surface area contributed by atoms with Crippen LogP contribution in [0.5, 0.6) is 0 Å². The summed E-state index contributed by atoms with van der Waals surface area (Å²) in [6.07, 6.45) is 1.82. The first kappa shape index (κ1) is 29.5. The molecule has 234 valence electrons. The number of hydrogen-bond acceptors (Lipinski definition) is 8. The lowest BCUT2D eigenvalue weighted by atomic mass is 10.0. The highest BCUT2D eigenvalue weighted by Crippen LogP contribution is 2.44. The summed E-state index contributed by atoms with van der Waals surface area (Å²) in [5, 5.41) is 12.9. The number of aromatic nitrogens is 1. The average Bonchev–Trinajstić information content (AvgIpc) is 3.76. The predicted molar refractivity (Wildman–Crippen MR) is 149 cm³/mol. The molecule has 12 nitrogen and oxygen atoms in total. The summed E-state index contributed by atoms with van der Waals surface area (Å²) in [5.74, 6) is -2.99. The summed E-state index contributed by atoms with van der Waals surface area (Å²) in [4.78, 5) is 56.5. The molecule has 3 aliphatic heterocycles. The number of pyridine rings is 1. The Morgan fingerprint density at radius 1 is 1.20 bits per heavy atom. The van der Waals surface area contributed by atoms with Crippen molar-refractivity contribution in [3.63, 3.8) is 0 Å². The Kier molecular flexibility index (Phi) is 7.73. The maximum atomic E-state index is 15.9. The van der Waals surface area contributed by atoms with Crippen LogP contribution in [0.2, 0.25) is 0 Å². The van der Waals surface area contributed by atoms with Crippen molar-refractivity contribution in [3.8, 4) is 0 Å². The fraction of sp³-hybridized carbons (Fsp3) is 0.448. The topological polar surface area (TPSA) is 134 Å². The zero-order valence-electron chi connectivity index (χ0n) is 23.7. The Morgan fingerprint density at radius 3 is 2.66 bits per heavy atom. The highest BCUT2D eigenvalue weighted by Gasteiger charge is 2.40. The number of fused-ring (bicyclic) bond motifs is 2. The number of aryl methyl sites for hydroxylation is 1. The molecule has 0 spiro atoms. The second kappa shape index (κ2) is 11.5. The number of hydroxylamine groups is 1. The Morgan fingerprint density at radius 2 is 1.98 bits per heavy atom. The molecule has 1 aliphatic carbocycles. The van der Waals surface area contributed by atoms with Crippen molar-refractivity contribution >= 4 is 29.5 Å². The molecule has 4 heterocycles. The Hall–Kier alpha value is -4.53. The van der Waals surface area contributed by atoms with Crippen LogP contribution in [0.15, 0.2) is 40.8 Å². The SMILES string of the molecule is CC(=O)NCC1CN(c2ccc3c(c2)CCCN(C2=C(F)Cc4c(n(C5CC5)cc(C(=O)O)c4=O)N2OC(F)F)C3)C(=O)O1. The minimum absolute atomic E-state index is 0.0969. The molecule has 2 aromatic rings. The lowest BCUT2D eigenvalue weighted by molar-refractivity contribution is -0.139. The van der Waals surface area contributed by atoms with Crippen LogP contribution in [0.4, 0.5) is 29.5 Å². The molecule has 0 bridgehead atoms. The number of carbonyl (C=O) groups excluding carboxylic acids is 2. The van der Waals surface area contributed by atoms with Crippen LogP contribution in [0.3, 0.4) is 0 Å². The van der Waals surface area contributed by atoms with E-state index in [4.69, 9.17) is 9.57 Å². The summed E-state index contributed by atoms with van der Waals surface area (Å²) >= 11 is 0. The number of carboxylic acid groups (broad SMARTS) is 1. The Balaban J connectivity index is 1.31. The van der Waals surface area contributed by atoms with Gasteiger partial charge in [-0.3, -0.25) is 14.5 Å². The molecule has 44 heavy (non-hydrogen) atoms. The molecule has 6 rings (SSSR count). The van der Waals surface area contributed by atoms with E-state index in [0.717, 1.165) is 17.3 Å². The van der Waals surface area contributed by atoms with Crippen LogP contribution in [0.1, 0.15) is 59.3 Å². The van der Waals surface area contributed by atoms with Crippen molar-refractivity contribution in [3.05, 3.63) is 68.5 Å². The highest BCUT2D eigenvalue weighted by molar-refractivity contribution is 5.90. The fourth-order valence-corrected chi connectivity index (χ4v) is 5.96. The number of nitrogens with zero attached hydrogens (tertiary/aromatic N) is 4. The second-order valence-corrected chi connectivity index (χ2v) is 11.2. The molecule has 2 amide bonds. The number of ether oxygens (including phenoxy) is 1. The number of halogens is 3. The molecule has 4 aliphatic rings. The van der Waals surface area contributed by atoms with E-state index in [0.29, 0.717) is 36.4 Å². The smallest absolute Gasteiger partial charge is 0.414 e. The van der Waals surface area contributed by atoms with Gasteiger partial charge in [0.1, 0.15) is 23.3 Å². The van der Waals surface area contributed by atoms with Crippen molar-refractivity contribution in [2.75, 3.05) is 29.6 Å². The van der Waals surface area contributed by atoms with E-state index >= 15 is 4.39 Å². The van der Waals surface area contributed by atoms with Crippen LogP contribution < -0.4 is 20.7 Å². The number of cyclic esters (lactones) is 1. The molecule has 1 aromatic heterocycles. The first-order valence-corrected chi connectivity index (χ1v) is 14.3. The molecular weight excluding hydrogens is 587 g/mol. The number of alkyl halides is 2. The number of amides is 2. The van der Waals surface area contributed by atoms with Gasteiger partial charge < -0.3 is 24.6 Å². The van der Waals surface area contributed by atoms with E-state index in [2.05, 4.69) is 5.32 Å². The van der Waals surface area contributed by atoms with Crippen LogP contribution in [0, 0.1) is 0 Å². The molecule has 15 heteroatoms. The summed E-state index contributed by atoms with van der Waals surface area (Å²) < 4.78 is 50.4. The number of aromatic carboxylic acids is 1. The maximum absolute atomic E-state index is 15.9. The first-order chi connectivity index (χ1) is 21.0. The van der Waals surface area contributed by atoms with Crippen molar-refractivity contribution in [2.24, 2.45) is 0 Å². The van der Waals surface area contributed by atoms with Gasteiger partial charge in [-0.05, 0) is 48.9 Å². The standard InChI is InChI=1S/C29H30F3N5O7/c1-15(38)33-11-20-13-36(29(42)43-20)19-5-4-17-12-34(8-2-3-16(17)9-19)26-23(30)10-21-24(39)22(27(40)41)14-35(18-6-7-18)25(21)37(26)44-28(31)32/h4-5,9,14,18,20,28H,2-3,6-8,10-13H2,1H3,(H,33,38)(H,40,41). The Bertz CT molecular complexity index is 1620. The third kappa shape index (κ3) is 5.58. The first-order valence-electron chi connectivity index (χ1n) is 14.3. The van der Waals surface area contributed by atoms with Crippen molar-refractivity contribution in [2.45, 2.75) is 64.3 Å². The van der Waals surface area contributed by atoms with Crippen LogP contribution in [0.25, 0.3) is 0 Å². The number of hydrogen-bond donors (Lipinski definition) is 2. The van der Waals surface area contributed by atoms with Crippen molar-refractivity contribution in [1.29, 1.82) is 0 Å². The van der Waals surface area contributed by atoms with Gasteiger partial charge in [0.05, 0.1) is 18.7 Å². The summed E-state index contributed by atoms with van der Waals surface area (Å²) in [6.45, 7) is -1.18. The van der Waals surface area contributed by atoms with E-state index in [9.17, 15) is 33.1 Å². The van der Waals surface area contributed by atoms with E-state index in [1.54, 1.807) is 17.0 Å². The van der Waals surface area contributed by atoms with Crippen LogP contribution in [-0.4, -0.2) is 64.9 Å². The minimum atomic E-state index is -3.36. The fourth-order valence-electron chi connectivity index (χ4n) is 5.96. The van der Waals surface area contributed by atoms with Gasteiger partial charge in [-0.15, -0.1) is 0 Å². The zero-order valence-corrected chi connectivity index (χ0v) is 23.7. The molecule has 1 unspecified atom stereocenters. The molecule has 1 saturated carbocycles. The molecule has 1 atom stereocenters. The van der Waals surface area contributed by atoms with E-state index < -0.39 is 48.0 Å². The molecule has 2 fully saturated rings. The van der Waals surface area contributed by atoms with Gasteiger partial charge in [-0.25, -0.2) is 14.0 Å². The second-order valence-electron chi connectivity index (χ2n) is 11.2. The number of carboxylic acids is 1. The molecule has 2 N–H and O–H groups in total. The summed E-state index contributed by atoms with van der Waals surface area (Å²) in [7, 11) is 0. The van der Waals surface area contributed by atoms with E-state index in [-0.39, 0.29) is 55.3 Å². The minimum Gasteiger partial charge on any atom is -0.477 e. The highest BCUT2D eigenvalue weighted by atomic mass is 19.3. The molecule has 1 saturated heterocycles. The van der Waals surface area contributed by atoms with Gasteiger partial charge >= 0.3 is 18.7 Å². The summed E-state index contributed by atoms with van der Waals surface area (Å²) in [6, 6.07) is 5.10. The molecule has 1 aromatic carbocycles. The largest absolute Gasteiger partial charge is 0.477 e. The third-order valence-corrected chi connectivity index (χ3v) is 8.11. The zero-order chi connectivity index (χ0) is 31.3. The number of allylic oxidation sites excluding steroid dienone is 1. The quantitative estimate of drug-likeness (QED) is 0.457. The van der Waals surface area contributed by atoms with Gasteiger partial charge in [0.15, 0.2) is 5.82 Å². The van der Waals surface area contributed by atoms with E-state index in [1.807, 2.05) is 6.07 Å². The number of anilines is 2. The number of nitrogens with one attached hydrogen (secondary N) is 1. The van der Waals surface area contributed by atoms with Gasteiger partial charge in [0, 0.05) is 44.4 Å². The number of rotatable bonds is 8. The van der Waals surface area contributed by atoms with Crippen molar-refractivity contribution < 1.29 is 42.2 Å². The number of carbonyl (C=O) groups is 3. The van der Waals surface area contributed by atoms with Crippen molar-refractivity contribution in [1.82, 2.24) is 14.8 Å². The third-order valence-electron chi connectivity index (χ3n) is 8.11. The normalized spacial score (nSPS) is 20.0. The Labute approximate surface area is 249 Å². The van der Waals surface area contributed by atoms with Gasteiger partial charge in [0.25, 0.3) is 0 Å². The van der Waals surface area contributed by atoms with Crippen LogP contribution >= 0.6 is 0 Å². The monoisotopic (exact) mass is 617 g/mol. The molecule has 0 radical (unpaired) electrons. The average molecular weight is 618 g/mol. The van der Waals surface area contributed by atoms with Gasteiger partial charge in [0.2, 0.25) is 11.3 Å². The number of benzene rings is 1. The van der Waals surface area contributed by atoms with E-state index in [1.165, 1.54) is 16.4 Å². The maximum Gasteiger partial charge on any atom is 0.414 e. The molecular formula is C29H30F3N5O7. The van der Waals surface area contributed by atoms with Crippen LogP contribution in [-0.2, 0) is 33.8 Å². The lowest BCUT2D eigenvalue weighted by Gasteiger charge is -2.38. The van der Waals surface area contributed by atoms with Gasteiger partial charge in [-0.1, -0.05) is 6.07 Å². The predicted octanol–water partition coefficient (Wildman–Crippen LogP) is 3.45.